The second-order valence-corrected chi connectivity index (χ2v) is 6.39. The Morgan fingerprint density at radius 3 is 2.48 bits per heavy atom. The monoisotopic (exact) mass is 343 g/mol. The van der Waals surface area contributed by atoms with Crippen LogP contribution in [0.25, 0.3) is 0 Å². The van der Waals surface area contributed by atoms with Gasteiger partial charge >= 0.3 is 0 Å². The molecule has 2 aromatic rings. The van der Waals surface area contributed by atoms with Gasteiger partial charge in [-0.2, -0.15) is 0 Å². The molecule has 6 heteroatoms. The largest absolute Gasteiger partial charge is 0.363 e. The van der Waals surface area contributed by atoms with E-state index < -0.39 is 0 Å². The number of anilines is 1. The number of carbonyl (C=O) groups excluding carboxylic acids is 2. The predicted octanol–water partition coefficient (Wildman–Crippen LogP) is 3.36. The van der Waals surface area contributed by atoms with E-state index >= 15 is 0 Å². The van der Waals surface area contributed by atoms with E-state index in [1.807, 2.05) is 24.3 Å². The van der Waals surface area contributed by atoms with Crippen molar-refractivity contribution in [1.82, 2.24) is 10.1 Å². The topological polar surface area (TPSA) is 75.4 Å². The number of nitrogens with one attached hydrogen (secondary N) is 1. The lowest BCUT2D eigenvalue weighted by Gasteiger charge is -2.23. The number of hydrogen-bond acceptors (Lipinski definition) is 4. The van der Waals surface area contributed by atoms with Crippen molar-refractivity contribution in [3.63, 3.8) is 0 Å². The Labute approximate surface area is 148 Å². The molecule has 0 atom stereocenters. The Bertz CT molecular complexity index is 678. The first-order valence-electron chi connectivity index (χ1n) is 8.58. The van der Waals surface area contributed by atoms with E-state index in [4.69, 9.17) is 4.52 Å². The van der Waals surface area contributed by atoms with Crippen LogP contribution in [0.4, 0.5) is 5.82 Å². The standard InChI is InChI=1S/C19H25N3O3/c1-4-15-5-7-16(8-6-15)19(24)22(11-9-14(2)3)13-18(23)20-17-10-12-25-21-17/h5-8,10,12,14H,4,9,11,13H2,1-3H3,(H,20,21,23). The van der Waals surface area contributed by atoms with Crippen LogP contribution < -0.4 is 5.32 Å². The van der Waals surface area contributed by atoms with Gasteiger partial charge in [-0.1, -0.05) is 38.1 Å². The fourth-order valence-electron chi connectivity index (χ4n) is 2.36. The molecule has 0 saturated carbocycles. The van der Waals surface area contributed by atoms with Gasteiger partial charge in [-0.15, -0.1) is 0 Å². The average Bonchev–Trinajstić information content (AvgIpc) is 3.10. The van der Waals surface area contributed by atoms with Crippen LogP contribution in [0.2, 0.25) is 0 Å². The SMILES string of the molecule is CCc1ccc(C(=O)N(CCC(C)C)CC(=O)Nc2ccon2)cc1. The average molecular weight is 343 g/mol. The second kappa shape index (κ2) is 9.01. The zero-order valence-electron chi connectivity index (χ0n) is 15.0. The lowest BCUT2D eigenvalue weighted by molar-refractivity contribution is -0.117. The normalized spacial score (nSPS) is 10.7. The summed E-state index contributed by atoms with van der Waals surface area (Å²) in [6.07, 6.45) is 3.13. The van der Waals surface area contributed by atoms with Gasteiger partial charge in [-0.3, -0.25) is 9.59 Å². The molecule has 0 aliphatic rings. The smallest absolute Gasteiger partial charge is 0.254 e. The molecule has 1 heterocycles. The summed E-state index contributed by atoms with van der Waals surface area (Å²) in [7, 11) is 0. The number of aromatic nitrogens is 1. The van der Waals surface area contributed by atoms with Gasteiger partial charge in [-0.25, -0.2) is 0 Å². The Balaban J connectivity index is 2.07. The number of hydrogen-bond donors (Lipinski definition) is 1. The van der Waals surface area contributed by atoms with Crippen LogP contribution >= 0.6 is 0 Å². The number of nitrogens with zero attached hydrogens (tertiary/aromatic N) is 2. The maximum absolute atomic E-state index is 12.8. The van der Waals surface area contributed by atoms with Gasteiger partial charge in [0.2, 0.25) is 5.91 Å². The highest BCUT2D eigenvalue weighted by molar-refractivity contribution is 5.99. The van der Waals surface area contributed by atoms with Gasteiger partial charge in [0.25, 0.3) is 5.91 Å². The second-order valence-electron chi connectivity index (χ2n) is 6.39. The highest BCUT2D eigenvalue weighted by atomic mass is 16.5. The zero-order chi connectivity index (χ0) is 18.2. The van der Waals surface area contributed by atoms with Crippen molar-refractivity contribution in [2.75, 3.05) is 18.4 Å². The lowest BCUT2D eigenvalue weighted by atomic mass is 10.1. The molecule has 0 aliphatic heterocycles. The highest BCUT2D eigenvalue weighted by Gasteiger charge is 2.19. The zero-order valence-corrected chi connectivity index (χ0v) is 15.0. The van der Waals surface area contributed by atoms with Gasteiger partial charge in [0, 0.05) is 18.2 Å². The summed E-state index contributed by atoms with van der Waals surface area (Å²) >= 11 is 0. The van der Waals surface area contributed by atoms with Crippen LogP contribution in [-0.2, 0) is 11.2 Å². The third kappa shape index (κ3) is 5.74. The molecule has 0 unspecified atom stereocenters. The molecule has 25 heavy (non-hydrogen) atoms. The van der Waals surface area contributed by atoms with E-state index in [1.165, 1.54) is 11.8 Å². The number of rotatable bonds is 8. The molecule has 134 valence electrons. The molecule has 0 radical (unpaired) electrons. The molecular formula is C19H25N3O3. The van der Waals surface area contributed by atoms with Crippen LogP contribution in [0, 0.1) is 5.92 Å². The minimum atomic E-state index is -0.295. The van der Waals surface area contributed by atoms with E-state index in [0.717, 1.165) is 12.8 Å². The quantitative estimate of drug-likeness (QED) is 0.797. The van der Waals surface area contributed by atoms with Crippen molar-refractivity contribution >= 4 is 17.6 Å². The molecule has 0 saturated heterocycles. The van der Waals surface area contributed by atoms with Crippen molar-refractivity contribution < 1.29 is 14.1 Å². The first-order valence-corrected chi connectivity index (χ1v) is 8.58. The van der Waals surface area contributed by atoms with Crippen molar-refractivity contribution in [2.45, 2.75) is 33.6 Å². The van der Waals surface area contributed by atoms with Crippen molar-refractivity contribution in [3.05, 3.63) is 47.7 Å². The van der Waals surface area contributed by atoms with E-state index in [2.05, 4.69) is 31.2 Å². The molecule has 6 nitrogen and oxygen atoms in total. The van der Waals surface area contributed by atoms with E-state index in [9.17, 15) is 9.59 Å². The van der Waals surface area contributed by atoms with Crippen molar-refractivity contribution in [3.8, 4) is 0 Å². The summed E-state index contributed by atoms with van der Waals surface area (Å²) in [5, 5.41) is 6.28. The molecule has 2 amide bonds. The first kappa shape index (κ1) is 18.7. The fraction of sp³-hybridized carbons (Fsp3) is 0.421. The molecule has 0 fully saturated rings. The summed E-state index contributed by atoms with van der Waals surface area (Å²) in [5.74, 6) is 0.347. The molecule has 0 aliphatic carbocycles. The van der Waals surface area contributed by atoms with Crippen LogP contribution in [0.3, 0.4) is 0 Å². The molecule has 0 spiro atoms. The number of amides is 2. The Morgan fingerprint density at radius 2 is 1.92 bits per heavy atom. The summed E-state index contributed by atoms with van der Waals surface area (Å²) in [4.78, 5) is 26.6. The van der Waals surface area contributed by atoms with Crippen molar-refractivity contribution in [2.24, 2.45) is 5.92 Å². The van der Waals surface area contributed by atoms with Crippen LogP contribution in [0.1, 0.15) is 43.1 Å². The van der Waals surface area contributed by atoms with E-state index in [0.29, 0.717) is 23.8 Å². The Hall–Kier alpha value is -2.63. The third-order valence-corrected chi connectivity index (χ3v) is 3.91. The van der Waals surface area contributed by atoms with Gasteiger partial charge < -0.3 is 14.7 Å². The number of carbonyl (C=O) groups is 2. The lowest BCUT2D eigenvalue weighted by Crippen LogP contribution is -2.39. The molecule has 1 N–H and O–H groups in total. The Morgan fingerprint density at radius 1 is 1.20 bits per heavy atom. The summed E-state index contributed by atoms with van der Waals surface area (Å²) < 4.78 is 4.69. The van der Waals surface area contributed by atoms with Gasteiger partial charge in [0.15, 0.2) is 5.82 Å². The maximum atomic E-state index is 12.8. The van der Waals surface area contributed by atoms with Crippen LogP contribution in [-0.4, -0.2) is 35.0 Å². The molecular weight excluding hydrogens is 318 g/mol. The molecule has 0 bridgehead atoms. The number of aryl methyl sites for hydroxylation is 1. The third-order valence-electron chi connectivity index (χ3n) is 3.91. The van der Waals surface area contributed by atoms with Crippen LogP contribution in [0.5, 0.6) is 0 Å². The number of benzene rings is 1. The van der Waals surface area contributed by atoms with Crippen LogP contribution in [0.15, 0.2) is 41.1 Å². The van der Waals surface area contributed by atoms with Crippen molar-refractivity contribution in [1.29, 1.82) is 0 Å². The summed E-state index contributed by atoms with van der Waals surface area (Å²) in [6.45, 7) is 6.76. The fourth-order valence-corrected chi connectivity index (χ4v) is 2.36. The predicted molar refractivity (Wildman–Crippen MR) is 96.3 cm³/mol. The highest BCUT2D eigenvalue weighted by Crippen LogP contribution is 2.11. The molecule has 1 aromatic carbocycles. The maximum Gasteiger partial charge on any atom is 0.254 e. The Kier molecular flexibility index (Phi) is 6.74. The van der Waals surface area contributed by atoms with Gasteiger partial charge in [0.1, 0.15) is 12.8 Å². The molecule has 1 aromatic heterocycles. The van der Waals surface area contributed by atoms with E-state index in [1.54, 1.807) is 11.0 Å². The van der Waals surface area contributed by atoms with Gasteiger partial charge in [0.05, 0.1) is 0 Å². The minimum Gasteiger partial charge on any atom is -0.363 e. The first-order chi connectivity index (χ1) is 12.0. The molecule has 2 rings (SSSR count). The van der Waals surface area contributed by atoms with E-state index in [-0.39, 0.29) is 18.4 Å². The van der Waals surface area contributed by atoms with Gasteiger partial charge in [-0.05, 0) is 36.5 Å². The summed E-state index contributed by atoms with van der Waals surface area (Å²) in [5.41, 5.74) is 1.77. The minimum absolute atomic E-state index is 0.0199. The summed E-state index contributed by atoms with van der Waals surface area (Å²) in [6, 6.07) is 9.09.